The number of hydrogen-bond acceptors (Lipinski definition) is 4. The number of aryl methyl sites for hydroxylation is 3. The third-order valence-electron chi connectivity index (χ3n) is 7.30. The first-order chi connectivity index (χ1) is 17.3. The lowest BCUT2D eigenvalue weighted by molar-refractivity contribution is -0.137. The molecule has 1 aliphatic rings. The Kier molecular flexibility index (Phi) is 6.27. The summed E-state index contributed by atoms with van der Waals surface area (Å²) in [4.78, 5) is 35.8. The number of aromatic nitrogens is 2. The Morgan fingerprint density at radius 1 is 0.889 bits per heavy atom. The number of carboxylic acid groups (broad SMARTS) is 1. The lowest BCUT2D eigenvalue weighted by atomic mass is 9.83. The Morgan fingerprint density at radius 2 is 1.64 bits per heavy atom. The van der Waals surface area contributed by atoms with Gasteiger partial charge in [0.2, 0.25) is 0 Å². The standard InChI is InChI=1S/C30H29N3O3/c1-18-4-5-23(12-19(18)2)30(36)33-11-8-21-6-7-22(14-24(21)17-33)26(16-29(34)35)25-15-28-27(13-20(25)3)31-9-10-32-28/h4-7,9-10,12-15,26H,8,11,16-17H2,1-3H3,(H,34,35). The van der Waals surface area contributed by atoms with Gasteiger partial charge in [-0.05, 0) is 90.4 Å². The molecular formula is C30H29N3O3. The molecule has 4 aromatic rings. The molecule has 6 nitrogen and oxygen atoms in total. The van der Waals surface area contributed by atoms with Crippen molar-refractivity contribution < 1.29 is 14.7 Å². The summed E-state index contributed by atoms with van der Waals surface area (Å²) in [5.74, 6) is -1.16. The van der Waals surface area contributed by atoms with Gasteiger partial charge in [-0.1, -0.05) is 24.3 Å². The molecule has 0 saturated heterocycles. The van der Waals surface area contributed by atoms with Crippen LogP contribution in [0.15, 0.2) is 60.9 Å². The first-order valence-corrected chi connectivity index (χ1v) is 12.2. The van der Waals surface area contributed by atoms with Crippen molar-refractivity contribution in [3.8, 4) is 0 Å². The molecule has 1 atom stereocenters. The number of carbonyl (C=O) groups excluding carboxylic acids is 1. The predicted molar refractivity (Wildman–Crippen MR) is 139 cm³/mol. The molecule has 182 valence electrons. The zero-order valence-corrected chi connectivity index (χ0v) is 20.8. The first kappa shape index (κ1) is 23.7. The van der Waals surface area contributed by atoms with Crippen LogP contribution in [-0.2, 0) is 17.8 Å². The topological polar surface area (TPSA) is 83.4 Å². The molecule has 3 aromatic carbocycles. The fourth-order valence-corrected chi connectivity index (χ4v) is 5.11. The molecule has 2 heterocycles. The average molecular weight is 480 g/mol. The van der Waals surface area contributed by atoms with Crippen molar-refractivity contribution in [3.05, 3.63) is 105 Å². The van der Waals surface area contributed by atoms with Gasteiger partial charge in [0.1, 0.15) is 0 Å². The maximum absolute atomic E-state index is 13.3. The molecule has 1 unspecified atom stereocenters. The molecule has 5 rings (SSSR count). The second-order valence-corrected chi connectivity index (χ2v) is 9.71. The van der Waals surface area contributed by atoms with Crippen molar-refractivity contribution in [3.63, 3.8) is 0 Å². The van der Waals surface area contributed by atoms with Gasteiger partial charge in [0.15, 0.2) is 0 Å². The number of amides is 1. The number of benzene rings is 3. The van der Waals surface area contributed by atoms with Crippen LogP contribution in [0.3, 0.4) is 0 Å². The fraction of sp³-hybridized carbons (Fsp3) is 0.267. The number of rotatable bonds is 5. The van der Waals surface area contributed by atoms with Gasteiger partial charge in [0, 0.05) is 37.0 Å². The SMILES string of the molecule is Cc1ccc(C(=O)N2CCc3ccc(C(CC(=O)O)c4cc5nccnc5cc4C)cc3C2)cc1C. The summed E-state index contributed by atoms with van der Waals surface area (Å²) in [5, 5.41) is 9.75. The Hall–Kier alpha value is -4.06. The average Bonchev–Trinajstić information content (AvgIpc) is 2.87. The van der Waals surface area contributed by atoms with E-state index >= 15 is 0 Å². The minimum Gasteiger partial charge on any atom is -0.481 e. The van der Waals surface area contributed by atoms with Crippen LogP contribution in [0.5, 0.6) is 0 Å². The summed E-state index contributed by atoms with van der Waals surface area (Å²) in [6.07, 6.45) is 4.05. The smallest absolute Gasteiger partial charge is 0.304 e. The van der Waals surface area contributed by atoms with E-state index in [1.807, 2.05) is 62.1 Å². The van der Waals surface area contributed by atoms with Crippen molar-refractivity contribution in [2.75, 3.05) is 6.54 Å². The van der Waals surface area contributed by atoms with E-state index in [4.69, 9.17) is 0 Å². The van der Waals surface area contributed by atoms with Gasteiger partial charge in [0.05, 0.1) is 17.5 Å². The van der Waals surface area contributed by atoms with Crippen molar-refractivity contribution in [1.82, 2.24) is 14.9 Å². The third-order valence-corrected chi connectivity index (χ3v) is 7.30. The van der Waals surface area contributed by atoms with E-state index in [0.717, 1.165) is 45.3 Å². The highest BCUT2D eigenvalue weighted by atomic mass is 16.4. The molecule has 0 aliphatic carbocycles. The molecule has 0 bridgehead atoms. The first-order valence-electron chi connectivity index (χ1n) is 12.2. The Balaban J connectivity index is 1.49. The maximum atomic E-state index is 13.3. The van der Waals surface area contributed by atoms with Crippen LogP contribution < -0.4 is 0 Å². The van der Waals surface area contributed by atoms with Crippen LogP contribution in [0.25, 0.3) is 11.0 Å². The second-order valence-electron chi connectivity index (χ2n) is 9.71. The van der Waals surface area contributed by atoms with Gasteiger partial charge < -0.3 is 10.0 Å². The van der Waals surface area contributed by atoms with Crippen molar-refractivity contribution in [2.45, 2.75) is 46.1 Å². The van der Waals surface area contributed by atoms with Gasteiger partial charge in [-0.2, -0.15) is 0 Å². The molecule has 1 aromatic heterocycles. The molecule has 36 heavy (non-hydrogen) atoms. The molecule has 6 heteroatoms. The lowest BCUT2D eigenvalue weighted by Crippen LogP contribution is -2.36. The van der Waals surface area contributed by atoms with E-state index in [9.17, 15) is 14.7 Å². The summed E-state index contributed by atoms with van der Waals surface area (Å²) >= 11 is 0. The highest BCUT2D eigenvalue weighted by molar-refractivity contribution is 5.94. The molecule has 0 fully saturated rings. The predicted octanol–water partition coefficient (Wildman–Crippen LogP) is 5.36. The third kappa shape index (κ3) is 4.59. The molecule has 0 spiro atoms. The molecule has 0 radical (unpaired) electrons. The van der Waals surface area contributed by atoms with Crippen LogP contribution in [0.1, 0.15) is 61.6 Å². The van der Waals surface area contributed by atoms with E-state index in [0.29, 0.717) is 18.7 Å². The van der Waals surface area contributed by atoms with E-state index in [1.54, 1.807) is 12.4 Å². The van der Waals surface area contributed by atoms with Gasteiger partial charge in [-0.15, -0.1) is 0 Å². The Bertz CT molecular complexity index is 1490. The monoisotopic (exact) mass is 479 g/mol. The van der Waals surface area contributed by atoms with Gasteiger partial charge in [0.25, 0.3) is 5.91 Å². The fourth-order valence-electron chi connectivity index (χ4n) is 5.11. The van der Waals surface area contributed by atoms with Gasteiger partial charge >= 0.3 is 5.97 Å². The van der Waals surface area contributed by atoms with E-state index in [2.05, 4.69) is 22.1 Å². The van der Waals surface area contributed by atoms with Crippen LogP contribution >= 0.6 is 0 Å². The van der Waals surface area contributed by atoms with Crippen molar-refractivity contribution in [1.29, 1.82) is 0 Å². The zero-order chi connectivity index (χ0) is 25.4. The number of hydrogen-bond donors (Lipinski definition) is 1. The van der Waals surface area contributed by atoms with Gasteiger partial charge in [-0.25, -0.2) is 0 Å². The van der Waals surface area contributed by atoms with E-state index < -0.39 is 5.97 Å². The summed E-state index contributed by atoms with van der Waals surface area (Å²) in [5.41, 5.74) is 9.64. The van der Waals surface area contributed by atoms with E-state index in [1.165, 1.54) is 11.1 Å². The van der Waals surface area contributed by atoms with Crippen molar-refractivity contribution >= 4 is 22.9 Å². The molecular weight excluding hydrogens is 450 g/mol. The van der Waals surface area contributed by atoms with Crippen LogP contribution in [-0.4, -0.2) is 38.4 Å². The molecule has 0 saturated carbocycles. The summed E-state index contributed by atoms with van der Waals surface area (Å²) in [7, 11) is 0. The van der Waals surface area contributed by atoms with Gasteiger partial charge in [-0.3, -0.25) is 19.6 Å². The highest BCUT2D eigenvalue weighted by Gasteiger charge is 2.25. The number of carboxylic acids is 1. The second kappa shape index (κ2) is 9.53. The number of carbonyl (C=O) groups is 2. The van der Waals surface area contributed by atoms with Crippen LogP contribution in [0.2, 0.25) is 0 Å². The normalized spacial score (nSPS) is 13.9. The molecule has 1 amide bonds. The minimum absolute atomic E-state index is 0.0280. The van der Waals surface area contributed by atoms with Crippen LogP contribution in [0, 0.1) is 20.8 Å². The van der Waals surface area contributed by atoms with Crippen molar-refractivity contribution in [2.24, 2.45) is 0 Å². The number of nitrogens with zero attached hydrogens (tertiary/aromatic N) is 3. The summed E-state index contributed by atoms with van der Waals surface area (Å²) < 4.78 is 0. The molecule has 1 N–H and O–H groups in total. The van der Waals surface area contributed by atoms with E-state index in [-0.39, 0.29) is 18.2 Å². The zero-order valence-electron chi connectivity index (χ0n) is 20.8. The molecule has 1 aliphatic heterocycles. The number of aliphatic carboxylic acids is 1. The maximum Gasteiger partial charge on any atom is 0.304 e. The quantitative estimate of drug-likeness (QED) is 0.417. The largest absolute Gasteiger partial charge is 0.481 e. The Labute approximate surface area is 210 Å². The minimum atomic E-state index is -0.858. The highest BCUT2D eigenvalue weighted by Crippen LogP contribution is 2.34. The number of fused-ring (bicyclic) bond motifs is 2. The van der Waals surface area contributed by atoms with Crippen LogP contribution in [0.4, 0.5) is 0 Å². The lowest BCUT2D eigenvalue weighted by Gasteiger charge is -2.30. The Morgan fingerprint density at radius 3 is 2.36 bits per heavy atom. The summed E-state index contributed by atoms with van der Waals surface area (Å²) in [6.45, 7) is 7.23. The summed E-state index contributed by atoms with van der Waals surface area (Å²) in [6, 6.07) is 16.0.